The van der Waals surface area contributed by atoms with E-state index >= 15 is 0 Å². The van der Waals surface area contributed by atoms with E-state index in [4.69, 9.17) is 4.74 Å². The van der Waals surface area contributed by atoms with E-state index in [1.165, 1.54) is 12.1 Å². The molecule has 1 N–H and O–H groups in total. The van der Waals surface area contributed by atoms with Gasteiger partial charge in [0.2, 0.25) is 0 Å². The highest BCUT2D eigenvalue weighted by atomic mass is 19.1. The monoisotopic (exact) mass is 236 g/mol. The summed E-state index contributed by atoms with van der Waals surface area (Å²) in [7, 11) is 0. The molecule has 3 rings (SSSR count). The molecule has 1 spiro atoms. The average molecular weight is 236 g/mol. The van der Waals surface area contributed by atoms with Crippen LogP contribution in [0.1, 0.15) is 44.3 Å². The minimum absolute atomic E-state index is 0.219. The summed E-state index contributed by atoms with van der Waals surface area (Å²) in [5.41, 5.74) is 0.374. The molecular formula is C14H17FO2. The van der Waals surface area contributed by atoms with E-state index in [0.717, 1.165) is 19.3 Å². The Morgan fingerprint density at radius 1 is 1.41 bits per heavy atom. The van der Waals surface area contributed by atoms with Crippen molar-refractivity contribution in [2.75, 3.05) is 0 Å². The number of aliphatic hydroxyl groups is 1. The molecule has 1 aliphatic carbocycles. The van der Waals surface area contributed by atoms with Gasteiger partial charge in [0.15, 0.2) is 0 Å². The number of rotatable bonds is 0. The number of ether oxygens (including phenoxy) is 1. The largest absolute Gasteiger partial charge is 0.487 e. The molecule has 3 unspecified atom stereocenters. The van der Waals surface area contributed by atoms with Crippen molar-refractivity contribution in [3.63, 3.8) is 0 Å². The van der Waals surface area contributed by atoms with E-state index in [0.29, 0.717) is 23.7 Å². The van der Waals surface area contributed by atoms with Crippen molar-refractivity contribution in [3.05, 3.63) is 29.6 Å². The molecular weight excluding hydrogens is 219 g/mol. The van der Waals surface area contributed by atoms with E-state index < -0.39 is 6.10 Å². The highest BCUT2D eigenvalue weighted by Gasteiger charge is 2.45. The number of aliphatic hydroxyl groups excluding tert-OH is 1. The third-order valence-corrected chi connectivity index (χ3v) is 4.04. The van der Waals surface area contributed by atoms with E-state index in [2.05, 4.69) is 6.92 Å². The first kappa shape index (κ1) is 11.0. The first-order valence-corrected chi connectivity index (χ1v) is 6.24. The van der Waals surface area contributed by atoms with Gasteiger partial charge in [-0.15, -0.1) is 0 Å². The zero-order valence-electron chi connectivity index (χ0n) is 9.95. The Hall–Kier alpha value is -1.09. The van der Waals surface area contributed by atoms with Crippen molar-refractivity contribution >= 4 is 0 Å². The minimum atomic E-state index is -0.597. The molecule has 17 heavy (non-hydrogen) atoms. The Balaban J connectivity index is 1.96. The summed E-state index contributed by atoms with van der Waals surface area (Å²) in [5.74, 6) is 0.977. The molecule has 92 valence electrons. The molecule has 1 fully saturated rings. The predicted molar refractivity (Wildman–Crippen MR) is 62.4 cm³/mol. The fourth-order valence-electron chi connectivity index (χ4n) is 3.24. The normalized spacial score (nSPS) is 35.7. The second kappa shape index (κ2) is 3.70. The highest BCUT2D eigenvalue weighted by molar-refractivity contribution is 5.38. The number of benzene rings is 1. The topological polar surface area (TPSA) is 29.5 Å². The Kier molecular flexibility index (Phi) is 2.40. The van der Waals surface area contributed by atoms with Gasteiger partial charge < -0.3 is 9.84 Å². The second-order valence-corrected chi connectivity index (χ2v) is 5.54. The summed E-state index contributed by atoms with van der Waals surface area (Å²) in [6, 6.07) is 4.41. The SMILES string of the molecule is CC1CCC2(C1)CC(O)c1cc(F)ccc1O2. The Labute approximate surface area is 100 Å². The first-order valence-electron chi connectivity index (χ1n) is 6.24. The number of fused-ring (bicyclic) bond motifs is 1. The summed E-state index contributed by atoms with van der Waals surface area (Å²) in [5, 5.41) is 10.2. The molecule has 2 nitrogen and oxygen atoms in total. The Morgan fingerprint density at radius 3 is 2.94 bits per heavy atom. The van der Waals surface area contributed by atoms with Crippen LogP contribution in [0.15, 0.2) is 18.2 Å². The zero-order valence-corrected chi connectivity index (χ0v) is 9.95. The van der Waals surface area contributed by atoms with E-state index in [9.17, 15) is 9.50 Å². The first-order chi connectivity index (χ1) is 8.08. The van der Waals surface area contributed by atoms with Gasteiger partial charge >= 0.3 is 0 Å². The predicted octanol–water partition coefficient (Wildman–Crippen LogP) is 3.20. The van der Waals surface area contributed by atoms with E-state index in [-0.39, 0.29) is 11.4 Å². The fraction of sp³-hybridized carbons (Fsp3) is 0.571. The zero-order chi connectivity index (χ0) is 12.0. The Bertz CT molecular complexity index is 446. The van der Waals surface area contributed by atoms with Crippen LogP contribution >= 0.6 is 0 Å². The highest BCUT2D eigenvalue weighted by Crippen LogP contribution is 2.48. The van der Waals surface area contributed by atoms with Gasteiger partial charge in [0.1, 0.15) is 17.2 Å². The summed E-state index contributed by atoms with van der Waals surface area (Å²) < 4.78 is 19.2. The third-order valence-electron chi connectivity index (χ3n) is 4.04. The summed E-state index contributed by atoms with van der Waals surface area (Å²) in [4.78, 5) is 0. The molecule has 2 aliphatic rings. The van der Waals surface area contributed by atoms with Crippen molar-refractivity contribution in [2.24, 2.45) is 5.92 Å². The van der Waals surface area contributed by atoms with Crippen LogP contribution in [0.5, 0.6) is 5.75 Å². The lowest BCUT2D eigenvalue weighted by molar-refractivity contribution is -0.0118. The van der Waals surface area contributed by atoms with Crippen LogP contribution in [0.3, 0.4) is 0 Å². The molecule has 3 atom stereocenters. The van der Waals surface area contributed by atoms with Crippen molar-refractivity contribution in [2.45, 2.75) is 44.3 Å². The molecule has 0 saturated heterocycles. The molecule has 0 radical (unpaired) electrons. The van der Waals surface area contributed by atoms with Crippen LogP contribution < -0.4 is 4.74 Å². The summed E-state index contributed by atoms with van der Waals surface area (Å²) in [6.45, 7) is 2.21. The number of hydrogen-bond donors (Lipinski definition) is 1. The quantitative estimate of drug-likeness (QED) is 0.749. The summed E-state index contributed by atoms with van der Waals surface area (Å²) in [6.07, 6.45) is 3.11. The maximum absolute atomic E-state index is 13.1. The molecule has 1 saturated carbocycles. The van der Waals surface area contributed by atoms with Gasteiger partial charge in [0.05, 0.1) is 6.10 Å². The molecule has 1 aromatic carbocycles. The minimum Gasteiger partial charge on any atom is -0.487 e. The molecule has 1 aliphatic heterocycles. The third kappa shape index (κ3) is 1.82. The molecule has 0 amide bonds. The molecule has 1 aromatic rings. The lowest BCUT2D eigenvalue weighted by Crippen LogP contribution is -2.38. The second-order valence-electron chi connectivity index (χ2n) is 5.54. The van der Waals surface area contributed by atoms with Crippen LogP contribution in [0.4, 0.5) is 4.39 Å². The molecule has 0 aromatic heterocycles. The molecule has 0 bridgehead atoms. The van der Waals surface area contributed by atoms with Gasteiger partial charge in [-0.2, -0.15) is 0 Å². The lowest BCUT2D eigenvalue weighted by atomic mass is 9.87. The average Bonchev–Trinajstić information content (AvgIpc) is 2.61. The number of halogens is 1. The van der Waals surface area contributed by atoms with Crippen molar-refractivity contribution < 1.29 is 14.2 Å². The van der Waals surface area contributed by atoms with Crippen LogP contribution in [0, 0.1) is 11.7 Å². The number of hydrogen-bond acceptors (Lipinski definition) is 2. The van der Waals surface area contributed by atoms with E-state index in [1.807, 2.05) is 0 Å². The molecule has 1 heterocycles. The van der Waals surface area contributed by atoms with Crippen molar-refractivity contribution in [1.82, 2.24) is 0 Å². The van der Waals surface area contributed by atoms with Gasteiger partial charge in [-0.1, -0.05) is 6.92 Å². The van der Waals surface area contributed by atoms with Gasteiger partial charge in [-0.25, -0.2) is 4.39 Å². The van der Waals surface area contributed by atoms with Crippen LogP contribution in [-0.4, -0.2) is 10.7 Å². The van der Waals surface area contributed by atoms with Crippen molar-refractivity contribution in [3.8, 4) is 5.75 Å². The maximum Gasteiger partial charge on any atom is 0.126 e. The van der Waals surface area contributed by atoms with Gasteiger partial charge in [-0.05, 0) is 43.4 Å². The standard InChI is InChI=1S/C14H17FO2/c1-9-4-5-14(7-9)8-12(16)11-6-10(15)2-3-13(11)17-14/h2-3,6,9,12,16H,4-5,7-8H2,1H3. The Morgan fingerprint density at radius 2 is 2.24 bits per heavy atom. The van der Waals surface area contributed by atoms with Gasteiger partial charge in [-0.3, -0.25) is 0 Å². The molecule has 3 heteroatoms. The maximum atomic E-state index is 13.1. The van der Waals surface area contributed by atoms with Crippen LogP contribution in [-0.2, 0) is 0 Å². The van der Waals surface area contributed by atoms with Crippen LogP contribution in [0.25, 0.3) is 0 Å². The van der Waals surface area contributed by atoms with E-state index in [1.54, 1.807) is 6.07 Å². The van der Waals surface area contributed by atoms with Crippen LogP contribution in [0.2, 0.25) is 0 Å². The van der Waals surface area contributed by atoms with Gasteiger partial charge in [0.25, 0.3) is 0 Å². The fourth-order valence-corrected chi connectivity index (χ4v) is 3.24. The summed E-state index contributed by atoms with van der Waals surface area (Å²) >= 11 is 0. The van der Waals surface area contributed by atoms with Crippen molar-refractivity contribution in [1.29, 1.82) is 0 Å². The smallest absolute Gasteiger partial charge is 0.126 e. The lowest BCUT2D eigenvalue weighted by Gasteiger charge is -2.38. The van der Waals surface area contributed by atoms with Gasteiger partial charge in [0, 0.05) is 12.0 Å².